The van der Waals surface area contributed by atoms with Crippen molar-refractivity contribution in [2.45, 2.75) is 200 Å². The molecule has 0 aromatic carbocycles. The van der Waals surface area contributed by atoms with Gasteiger partial charge in [-0.1, -0.05) is 135 Å². The fraction of sp³-hybridized carbons (Fsp3) is 0.974. The Balaban J connectivity index is -0.000000727. The summed E-state index contributed by atoms with van der Waals surface area (Å²) < 4.78 is 0. The molecule has 4 rings (SSSR count). The number of hydrogen-bond acceptors (Lipinski definition) is 1. The lowest BCUT2D eigenvalue weighted by atomic mass is 9.45. The third kappa shape index (κ3) is 12.4. The predicted octanol–water partition coefficient (Wildman–Crippen LogP) is 13.6. The topological polar surface area (TPSA) is 37.3 Å². The van der Waals surface area contributed by atoms with Crippen molar-refractivity contribution >= 4 is 5.97 Å². The molecular weight excluding hydrogens is 488 g/mol. The van der Waals surface area contributed by atoms with Crippen LogP contribution in [0, 0.1) is 40.4 Å². The van der Waals surface area contributed by atoms with Crippen LogP contribution in [0.3, 0.4) is 0 Å². The minimum atomic E-state index is -0.606. The predicted molar refractivity (Wildman–Crippen MR) is 183 cm³/mol. The molecule has 4 fully saturated rings. The van der Waals surface area contributed by atoms with Crippen molar-refractivity contribution in [2.24, 2.45) is 40.4 Å². The van der Waals surface area contributed by atoms with Crippen molar-refractivity contribution < 1.29 is 9.90 Å². The zero-order chi connectivity index (χ0) is 31.8. The smallest absolute Gasteiger partial charge is 0.303 e. The van der Waals surface area contributed by atoms with Crippen LogP contribution in [-0.2, 0) is 4.79 Å². The fourth-order valence-electron chi connectivity index (χ4n) is 8.68. The Morgan fingerprint density at radius 2 is 1.18 bits per heavy atom. The van der Waals surface area contributed by atoms with E-state index in [-0.39, 0.29) is 0 Å². The van der Waals surface area contributed by atoms with E-state index in [0.29, 0.717) is 23.2 Å². The van der Waals surface area contributed by atoms with Gasteiger partial charge >= 0.3 is 5.97 Å². The van der Waals surface area contributed by atoms with Crippen LogP contribution in [-0.4, -0.2) is 11.1 Å². The van der Waals surface area contributed by atoms with Gasteiger partial charge in [-0.25, -0.2) is 0 Å². The van der Waals surface area contributed by atoms with E-state index in [0.717, 1.165) is 30.1 Å². The van der Waals surface area contributed by atoms with Crippen LogP contribution in [0.4, 0.5) is 0 Å². The van der Waals surface area contributed by atoms with Gasteiger partial charge in [0, 0.05) is 6.42 Å². The number of aliphatic carboxylic acids is 1. The molecule has 4 saturated carbocycles. The third-order valence-electron chi connectivity index (χ3n) is 10.4. The average molecular weight is 569 g/mol. The molecule has 4 aliphatic carbocycles. The first kappa shape index (κ1) is 43.9. The van der Waals surface area contributed by atoms with E-state index in [2.05, 4.69) is 27.7 Å². The van der Waals surface area contributed by atoms with Gasteiger partial charge in [-0.3, -0.25) is 4.79 Å². The number of carboxylic acid groups (broad SMARTS) is 1. The van der Waals surface area contributed by atoms with Crippen molar-refractivity contribution in [2.75, 3.05) is 0 Å². The van der Waals surface area contributed by atoms with E-state index < -0.39 is 5.97 Å². The largest absolute Gasteiger partial charge is 0.481 e. The lowest BCUT2D eigenvalue weighted by molar-refractivity contribution is -0.138. The number of carbonyl (C=O) groups is 1. The highest BCUT2D eigenvalue weighted by Gasteiger charge is 2.59. The second-order valence-electron chi connectivity index (χ2n) is 11.9. The highest BCUT2D eigenvalue weighted by molar-refractivity contribution is 5.66. The van der Waals surface area contributed by atoms with Gasteiger partial charge in [-0.2, -0.15) is 0 Å². The molecule has 1 N–H and O–H groups in total. The van der Waals surface area contributed by atoms with Gasteiger partial charge in [0.2, 0.25) is 0 Å². The maximum Gasteiger partial charge on any atom is 0.303 e. The second-order valence-corrected chi connectivity index (χ2v) is 11.9. The minimum Gasteiger partial charge on any atom is -0.481 e. The summed E-state index contributed by atoms with van der Waals surface area (Å²) >= 11 is 0. The van der Waals surface area contributed by atoms with E-state index >= 15 is 0 Å². The van der Waals surface area contributed by atoms with Crippen LogP contribution in [0.1, 0.15) is 200 Å². The Hall–Kier alpha value is -0.530. The first-order valence-corrected chi connectivity index (χ1v) is 18.6. The van der Waals surface area contributed by atoms with Gasteiger partial charge in [-0.15, -0.1) is 0 Å². The van der Waals surface area contributed by atoms with E-state index in [1.54, 1.807) is 0 Å². The van der Waals surface area contributed by atoms with Gasteiger partial charge in [0.15, 0.2) is 0 Å². The highest BCUT2D eigenvalue weighted by Crippen LogP contribution is 2.67. The minimum absolute atomic E-state index is 0.376. The molecule has 0 aromatic heterocycles. The molecule has 0 bridgehead atoms. The molecule has 244 valence electrons. The Morgan fingerprint density at radius 1 is 0.650 bits per heavy atom. The van der Waals surface area contributed by atoms with Crippen LogP contribution in [0.2, 0.25) is 0 Å². The quantitative estimate of drug-likeness (QED) is 0.323. The summed E-state index contributed by atoms with van der Waals surface area (Å²) in [6.45, 7) is 29.6. The SMILES string of the molecule is CC.CC.CC.CC.CC.CC12CCCCC1CCC1C2CCC2(C)C(CCC(=O)O)CCC12.CCCCCC. The fourth-order valence-corrected chi connectivity index (χ4v) is 8.68. The van der Waals surface area contributed by atoms with Gasteiger partial charge in [0.1, 0.15) is 0 Å². The molecule has 2 heteroatoms. The summed E-state index contributed by atoms with van der Waals surface area (Å²) in [5.74, 6) is 3.85. The lowest BCUT2D eigenvalue weighted by Crippen LogP contribution is -2.52. The molecule has 0 radical (unpaired) electrons. The normalized spacial score (nSPS) is 32.5. The van der Waals surface area contributed by atoms with E-state index in [4.69, 9.17) is 5.11 Å². The summed E-state index contributed by atoms with van der Waals surface area (Å²) in [4.78, 5) is 11.0. The van der Waals surface area contributed by atoms with Gasteiger partial charge < -0.3 is 5.11 Å². The van der Waals surface area contributed by atoms with Crippen LogP contribution < -0.4 is 0 Å². The lowest BCUT2D eigenvalue weighted by Gasteiger charge is -2.60. The van der Waals surface area contributed by atoms with Gasteiger partial charge in [0.25, 0.3) is 0 Å². The summed E-state index contributed by atoms with van der Waals surface area (Å²) in [6.07, 6.45) is 21.1. The Kier molecular flexibility index (Phi) is 28.7. The summed E-state index contributed by atoms with van der Waals surface area (Å²) in [6, 6.07) is 0. The second kappa shape index (κ2) is 26.1. The molecule has 0 heterocycles. The molecule has 0 aliphatic heterocycles. The zero-order valence-corrected chi connectivity index (χ0v) is 30.6. The summed E-state index contributed by atoms with van der Waals surface area (Å²) in [5, 5.41) is 9.10. The van der Waals surface area contributed by atoms with Crippen molar-refractivity contribution in [3.63, 3.8) is 0 Å². The Morgan fingerprint density at radius 3 is 1.68 bits per heavy atom. The Bertz CT molecular complexity index is 554. The number of unbranched alkanes of at least 4 members (excludes halogenated alkanes) is 3. The number of carboxylic acids is 1. The van der Waals surface area contributed by atoms with Crippen LogP contribution in [0.15, 0.2) is 0 Å². The zero-order valence-electron chi connectivity index (χ0n) is 30.6. The first-order valence-electron chi connectivity index (χ1n) is 18.6. The molecule has 0 saturated heterocycles. The monoisotopic (exact) mass is 569 g/mol. The number of rotatable bonds is 6. The number of fused-ring (bicyclic) bond motifs is 5. The van der Waals surface area contributed by atoms with Crippen LogP contribution >= 0.6 is 0 Å². The molecular formula is C38H80O2. The van der Waals surface area contributed by atoms with Gasteiger partial charge in [-0.05, 0) is 98.2 Å². The summed E-state index contributed by atoms with van der Waals surface area (Å²) in [7, 11) is 0. The van der Waals surface area contributed by atoms with Crippen LogP contribution in [0.25, 0.3) is 0 Å². The highest BCUT2D eigenvalue weighted by atomic mass is 16.4. The van der Waals surface area contributed by atoms with E-state index in [1.807, 2.05) is 69.2 Å². The van der Waals surface area contributed by atoms with Crippen molar-refractivity contribution in [1.29, 1.82) is 0 Å². The van der Waals surface area contributed by atoms with Crippen molar-refractivity contribution in [3.05, 3.63) is 0 Å². The molecule has 0 spiro atoms. The van der Waals surface area contributed by atoms with Crippen molar-refractivity contribution in [3.8, 4) is 0 Å². The molecule has 0 aromatic rings. The molecule has 0 amide bonds. The van der Waals surface area contributed by atoms with E-state index in [1.165, 1.54) is 89.9 Å². The molecule has 7 unspecified atom stereocenters. The maximum atomic E-state index is 11.0. The molecule has 7 atom stereocenters. The Labute approximate surface area is 255 Å². The molecule has 4 aliphatic rings. The van der Waals surface area contributed by atoms with Crippen molar-refractivity contribution in [1.82, 2.24) is 0 Å². The molecule has 2 nitrogen and oxygen atoms in total. The third-order valence-corrected chi connectivity index (χ3v) is 10.4. The van der Waals surface area contributed by atoms with Gasteiger partial charge in [0.05, 0.1) is 0 Å². The maximum absolute atomic E-state index is 11.0. The summed E-state index contributed by atoms with van der Waals surface area (Å²) in [5.41, 5.74) is 1.07. The average Bonchev–Trinajstić information content (AvgIpc) is 3.36. The van der Waals surface area contributed by atoms with Crippen LogP contribution in [0.5, 0.6) is 0 Å². The molecule has 40 heavy (non-hydrogen) atoms. The standard InChI is InChI=1S/C22H36O2.C6H14.5C2H6/c1-21-13-4-3-5-15(21)6-9-17-18-10-7-16(8-11-20(23)24)22(18,2)14-12-19(17)21;1-3-5-6-4-2;5*1-2/h15-19H,3-14H2,1-2H3,(H,23,24);3-6H2,1-2H3;5*1-2H3. The van der Waals surface area contributed by atoms with E-state index in [9.17, 15) is 4.79 Å². The number of hydrogen-bond donors (Lipinski definition) is 1. The first-order chi connectivity index (χ1) is 19.4.